The van der Waals surface area contributed by atoms with E-state index in [9.17, 15) is 0 Å². The Bertz CT molecular complexity index is 674. The Kier molecular flexibility index (Phi) is 6.07. The van der Waals surface area contributed by atoms with Crippen LogP contribution in [0.5, 0.6) is 5.75 Å². The summed E-state index contributed by atoms with van der Waals surface area (Å²) in [7, 11) is 0. The molecule has 0 aliphatic carbocycles. The predicted molar refractivity (Wildman–Crippen MR) is 104 cm³/mol. The van der Waals surface area contributed by atoms with Gasteiger partial charge in [0.1, 0.15) is 5.75 Å². The minimum absolute atomic E-state index is 0.240. The molecule has 0 saturated carbocycles. The summed E-state index contributed by atoms with van der Waals surface area (Å²) in [4.78, 5) is 6.90. The van der Waals surface area contributed by atoms with E-state index in [1.165, 1.54) is 5.69 Å². The Hall–Kier alpha value is -2.33. The summed E-state index contributed by atoms with van der Waals surface area (Å²) in [5, 5.41) is 0. The lowest BCUT2D eigenvalue weighted by Crippen LogP contribution is -2.36. The second-order valence-electron chi connectivity index (χ2n) is 6.28. The molecule has 3 rings (SSSR count). The van der Waals surface area contributed by atoms with Gasteiger partial charge in [-0.2, -0.15) is 0 Å². The van der Waals surface area contributed by atoms with Crippen LogP contribution in [0.4, 0.5) is 11.4 Å². The minimum atomic E-state index is 0.240. The monoisotopic (exact) mass is 338 g/mol. The van der Waals surface area contributed by atoms with E-state index < -0.39 is 0 Å². The average molecular weight is 338 g/mol. The van der Waals surface area contributed by atoms with Gasteiger partial charge in [-0.15, -0.1) is 0 Å². The van der Waals surface area contributed by atoms with E-state index in [1.54, 1.807) is 0 Å². The zero-order chi connectivity index (χ0) is 17.5. The third-order valence-electron chi connectivity index (χ3n) is 4.38. The molecule has 132 valence electrons. The van der Waals surface area contributed by atoms with Crippen LogP contribution < -0.4 is 9.64 Å². The summed E-state index contributed by atoms with van der Waals surface area (Å²) in [6.45, 7) is 7.71. The van der Waals surface area contributed by atoms with E-state index in [1.807, 2.05) is 30.5 Å². The van der Waals surface area contributed by atoms with Crippen LogP contribution in [0.2, 0.25) is 0 Å². The third kappa shape index (κ3) is 5.07. The minimum Gasteiger partial charge on any atom is -0.491 e. The SMILES string of the molecule is CC[C@H](C)Oc1ccc(C=Nc2ccc(N3CCOCC3)cc2)cc1. The normalized spacial score (nSPS) is 16.2. The fourth-order valence-corrected chi connectivity index (χ4v) is 2.67. The molecule has 0 bridgehead atoms. The van der Waals surface area contributed by atoms with Crippen LogP contribution in [0, 0.1) is 0 Å². The molecule has 0 spiro atoms. The van der Waals surface area contributed by atoms with E-state index in [2.05, 4.69) is 48.0 Å². The van der Waals surface area contributed by atoms with Crippen molar-refractivity contribution in [3.63, 3.8) is 0 Å². The lowest BCUT2D eigenvalue weighted by atomic mass is 10.2. The molecule has 0 unspecified atom stereocenters. The molecule has 1 heterocycles. The first-order valence-corrected chi connectivity index (χ1v) is 8.98. The zero-order valence-electron chi connectivity index (χ0n) is 15.0. The number of morpholine rings is 1. The van der Waals surface area contributed by atoms with Crippen LogP contribution in [-0.2, 0) is 4.74 Å². The summed E-state index contributed by atoms with van der Waals surface area (Å²) < 4.78 is 11.2. The van der Waals surface area contributed by atoms with Gasteiger partial charge in [-0.1, -0.05) is 6.92 Å². The van der Waals surface area contributed by atoms with Crippen molar-refractivity contribution in [2.75, 3.05) is 31.2 Å². The van der Waals surface area contributed by atoms with Crippen LogP contribution in [0.3, 0.4) is 0 Å². The van der Waals surface area contributed by atoms with Crippen molar-refractivity contribution in [1.29, 1.82) is 0 Å². The van der Waals surface area contributed by atoms with E-state index >= 15 is 0 Å². The number of anilines is 1. The zero-order valence-corrected chi connectivity index (χ0v) is 15.0. The number of benzene rings is 2. The molecule has 0 N–H and O–H groups in total. The Labute approximate surface area is 150 Å². The molecule has 4 heteroatoms. The quantitative estimate of drug-likeness (QED) is 0.730. The van der Waals surface area contributed by atoms with Crippen LogP contribution >= 0.6 is 0 Å². The van der Waals surface area contributed by atoms with Gasteiger partial charge in [0.2, 0.25) is 0 Å². The maximum Gasteiger partial charge on any atom is 0.119 e. The number of hydrogen-bond acceptors (Lipinski definition) is 4. The van der Waals surface area contributed by atoms with Gasteiger partial charge >= 0.3 is 0 Å². The molecular weight excluding hydrogens is 312 g/mol. The Morgan fingerprint density at radius 2 is 1.76 bits per heavy atom. The number of hydrogen-bond donors (Lipinski definition) is 0. The van der Waals surface area contributed by atoms with Crippen LogP contribution in [0.25, 0.3) is 0 Å². The van der Waals surface area contributed by atoms with Crippen molar-refractivity contribution in [3.8, 4) is 5.75 Å². The number of aliphatic imine (C=N–C) groups is 1. The average Bonchev–Trinajstić information content (AvgIpc) is 2.68. The number of ether oxygens (including phenoxy) is 2. The highest BCUT2D eigenvalue weighted by atomic mass is 16.5. The second-order valence-corrected chi connectivity index (χ2v) is 6.28. The first-order chi connectivity index (χ1) is 12.2. The van der Waals surface area contributed by atoms with Gasteiger partial charge in [-0.25, -0.2) is 0 Å². The largest absolute Gasteiger partial charge is 0.491 e. The molecular formula is C21H26N2O2. The maximum absolute atomic E-state index is 5.79. The van der Waals surface area contributed by atoms with E-state index in [-0.39, 0.29) is 6.10 Å². The van der Waals surface area contributed by atoms with Crippen molar-refractivity contribution < 1.29 is 9.47 Å². The van der Waals surface area contributed by atoms with Crippen molar-refractivity contribution in [2.24, 2.45) is 4.99 Å². The molecule has 1 aliphatic heterocycles. The maximum atomic E-state index is 5.79. The molecule has 1 fully saturated rings. The van der Waals surface area contributed by atoms with Gasteiger partial charge in [-0.3, -0.25) is 4.99 Å². The summed E-state index contributed by atoms with van der Waals surface area (Å²) in [6.07, 6.45) is 3.13. The summed E-state index contributed by atoms with van der Waals surface area (Å²) in [5.41, 5.74) is 3.25. The summed E-state index contributed by atoms with van der Waals surface area (Å²) in [5.74, 6) is 0.904. The number of rotatable bonds is 6. The molecule has 0 radical (unpaired) electrons. The van der Waals surface area contributed by atoms with Gasteiger partial charge in [-0.05, 0) is 67.4 Å². The molecule has 2 aromatic carbocycles. The summed E-state index contributed by atoms with van der Waals surface area (Å²) >= 11 is 0. The highest BCUT2D eigenvalue weighted by Crippen LogP contribution is 2.21. The third-order valence-corrected chi connectivity index (χ3v) is 4.38. The Morgan fingerprint density at radius 3 is 2.40 bits per heavy atom. The molecule has 1 aliphatic rings. The Morgan fingerprint density at radius 1 is 1.08 bits per heavy atom. The van der Waals surface area contributed by atoms with Crippen molar-refractivity contribution in [3.05, 3.63) is 54.1 Å². The van der Waals surface area contributed by atoms with Gasteiger partial charge < -0.3 is 14.4 Å². The molecule has 1 saturated heterocycles. The van der Waals surface area contributed by atoms with E-state index in [0.29, 0.717) is 0 Å². The highest BCUT2D eigenvalue weighted by Gasteiger charge is 2.10. The lowest BCUT2D eigenvalue weighted by molar-refractivity contribution is 0.122. The molecule has 4 nitrogen and oxygen atoms in total. The van der Waals surface area contributed by atoms with Gasteiger partial charge in [0, 0.05) is 25.0 Å². The topological polar surface area (TPSA) is 34.1 Å². The second kappa shape index (κ2) is 8.67. The first kappa shape index (κ1) is 17.5. The molecule has 0 aromatic heterocycles. The van der Waals surface area contributed by atoms with Gasteiger partial charge in [0.05, 0.1) is 25.0 Å². The van der Waals surface area contributed by atoms with Crippen LogP contribution in [0.1, 0.15) is 25.8 Å². The summed E-state index contributed by atoms with van der Waals surface area (Å²) in [6, 6.07) is 16.4. The van der Waals surface area contributed by atoms with Crippen LogP contribution in [-0.4, -0.2) is 38.6 Å². The van der Waals surface area contributed by atoms with Crippen LogP contribution in [0.15, 0.2) is 53.5 Å². The highest BCUT2D eigenvalue weighted by molar-refractivity contribution is 5.82. The molecule has 0 amide bonds. The molecule has 1 atom stereocenters. The Balaban J connectivity index is 1.59. The standard InChI is InChI=1S/C21H26N2O2/c1-3-17(2)25-21-10-4-18(5-11-21)16-22-19-6-8-20(9-7-19)23-12-14-24-15-13-23/h4-11,16-17H,3,12-15H2,1-2H3/t17-/m0/s1. The van der Waals surface area contributed by atoms with E-state index in [4.69, 9.17) is 9.47 Å². The molecule has 25 heavy (non-hydrogen) atoms. The fourth-order valence-electron chi connectivity index (χ4n) is 2.67. The van der Waals surface area contributed by atoms with Crippen molar-refractivity contribution in [1.82, 2.24) is 0 Å². The molecule has 2 aromatic rings. The first-order valence-electron chi connectivity index (χ1n) is 8.98. The lowest BCUT2D eigenvalue weighted by Gasteiger charge is -2.28. The van der Waals surface area contributed by atoms with E-state index in [0.717, 1.165) is 49.7 Å². The van der Waals surface area contributed by atoms with Gasteiger partial charge in [0.25, 0.3) is 0 Å². The smallest absolute Gasteiger partial charge is 0.119 e. The van der Waals surface area contributed by atoms with Crippen molar-refractivity contribution in [2.45, 2.75) is 26.4 Å². The fraction of sp³-hybridized carbons (Fsp3) is 0.381. The predicted octanol–water partition coefficient (Wildman–Crippen LogP) is 4.45. The van der Waals surface area contributed by atoms with Crippen molar-refractivity contribution >= 4 is 17.6 Å². The number of nitrogens with zero attached hydrogens (tertiary/aromatic N) is 2. The van der Waals surface area contributed by atoms with Gasteiger partial charge in [0.15, 0.2) is 0 Å².